The molecule has 0 aliphatic rings. The maximum absolute atomic E-state index is 12.2. The summed E-state index contributed by atoms with van der Waals surface area (Å²) in [5.74, 6) is 0. The fraction of sp³-hybridized carbons (Fsp3) is 0.455. The fourth-order valence-corrected chi connectivity index (χ4v) is 2.42. The minimum Gasteiger partial charge on any atom is -0.382 e. The highest BCUT2D eigenvalue weighted by Gasteiger charge is 2.38. The number of halogens is 3. The van der Waals surface area contributed by atoms with Gasteiger partial charge in [-0.2, -0.15) is 13.2 Å². The number of hydrogen-bond acceptors (Lipinski definition) is 4. The molecule has 0 fully saturated rings. The Morgan fingerprint density at radius 2 is 1.85 bits per heavy atom. The second-order valence-corrected chi connectivity index (χ2v) is 6.34. The van der Waals surface area contributed by atoms with Gasteiger partial charge in [-0.25, -0.2) is 12.7 Å². The molecule has 1 atom stereocenters. The smallest absolute Gasteiger partial charge is 0.382 e. The number of aliphatic hydroxyl groups is 1. The number of aliphatic hydroxyl groups excluding tert-OH is 1. The molecule has 1 aromatic carbocycles. The van der Waals surface area contributed by atoms with E-state index < -0.39 is 28.8 Å². The fourth-order valence-electron chi connectivity index (χ4n) is 1.36. The van der Waals surface area contributed by atoms with Gasteiger partial charge in [0.25, 0.3) is 0 Å². The molecular weight excluding hydrogens is 297 g/mol. The van der Waals surface area contributed by atoms with Crippen LogP contribution in [-0.2, 0) is 10.0 Å². The van der Waals surface area contributed by atoms with Crippen LogP contribution in [0.2, 0.25) is 0 Å². The summed E-state index contributed by atoms with van der Waals surface area (Å²) in [6, 6.07) is 5.55. The zero-order valence-corrected chi connectivity index (χ0v) is 11.7. The van der Waals surface area contributed by atoms with Crippen LogP contribution in [0.3, 0.4) is 0 Å². The molecule has 20 heavy (non-hydrogen) atoms. The minimum absolute atomic E-state index is 0.00417. The topological polar surface area (TPSA) is 69.6 Å². The van der Waals surface area contributed by atoms with Crippen molar-refractivity contribution >= 4 is 15.7 Å². The van der Waals surface area contributed by atoms with Gasteiger partial charge in [-0.3, -0.25) is 0 Å². The summed E-state index contributed by atoms with van der Waals surface area (Å²) in [4.78, 5) is -0.153. The van der Waals surface area contributed by atoms with Crippen LogP contribution in [0.4, 0.5) is 18.9 Å². The highest BCUT2D eigenvalue weighted by Crippen LogP contribution is 2.25. The van der Waals surface area contributed by atoms with Gasteiger partial charge in [0.1, 0.15) is 4.90 Å². The van der Waals surface area contributed by atoms with Crippen molar-refractivity contribution in [2.24, 2.45) is 0 Å². The zero-order chi connectivity index (χ0) is 15.6. The van der Waals surface area contributed by atoms with Crippen molar-refractivity contribution in [2.75, 3.05) is 26.0 Å². The van der Waals surface area contributed by atoms with Gasteiger partial charge in [-0.15, -0.1) is 0 Å². The molecule has 5 nitrogen and oxygen atoms in total. The van der Waals surface area contributed by atoms with E-state index in [0.29, 0.717) is 0 Å². The minimum atomic E-state index is -4.76. The Hall–Kier alpha value is -1.32. The lowest BCUT2D eigenvalue weighted by molar-refractivity contribution is -0.198. The van der Waals surface area contributed by atoms with Gasteiger partial charge in [0, 0.05) is 20.6 Å². The van der Waals surface area contributed by atoms with Crippen LogP contribution in [0.1, 0.15) is 0 Å². The van der Waals surface area contributed by atoms with Crippen molar-refractivity contribution in [3.8, 4) is 0 Å². The number of benzene rings is 1. The number of sulfonamides is 1. The Kier molecular flexibility index (Phi) is 5.00. The van der Waals surface area contributed by atoms with E-state index in [-0.39, 0.29) is 10.6 Å². The molecule has 1 aromatic rings. The van der Waals surface area contributed by atoms with Crippen molar-refractivity contribution in [2.45, 2.75) is 17.2 Å². The normalized spacial score (nSPS) is 14.3. The third-order valence-electron chi connectivity index (χ3n) is 2.51. The summed E-state index contributed by atoms with van der Waals surface area (Å²) in [5.41, 5.74) is 0.00417. The first-order valence-corrected chi connectivity index (χ1v) is 7.01. The van der Waals surface area contributed by atoms with Crippen LogP contribution < -0.4 is 5.32 Å². The predicted octanol–water partition coefficient (Wildman–Crippen LogP) is 1.27. The summed E-state index contributed by atoms with van der Waals surface area (Å²) in [7, 11) is -1.15. The van der Waals surface area contributed by atoms with Crippen LogP contribution in [0.25, 0.3) is 0 Å². The van der Waals surface area contributed by atoms with Gasteiger partial charge >= 0.3 is 6.18 Å². The van der Waals surface area contributed by atoms with Gasteiger partial charge in [-0.1, -0.05) is 12.1 Å². The van der Waals surface area contributed by atoms with E-state index in [1.165, 1.54) is 38.4 Å². The second-order valence-electron chi connectivity index (χ2n) is 4.22. The summed E-state index contributed by atoms with van der Waals surface area (Å²) in [6.45, 7) is -0.830. The quantitative estimate of drug-likeness (QED) is 0.859. The molecule has 1 unspecified atom stereocenters. The van der Waals surface area contributed by atoms with E-state index >= 15 is 0 Å². The highest BCUT2D eigenvalue weighted by molar-refractivity contribution is 7.89. The summed E-state index contributed by atoms with van der Waals surface area (Å²) in [6.07, 6.45) is -7.33. The van der Waals surface area contributed by atoms with E-state index in [9.17, 15) is 21.6 Å². The standard InChI is InChI=1S/C11H15F3N2O3S/c1-16(2)20(18,19)9-6-4-3-5-8(9)15-7-10(17)11(12,13)14/h3-6,10,15,17H,7H2,1-2H3. The van der Waals surface area contributed by atoms with Gasteiger partial charge in [-0.05, 0) is 12.1 Å². The summed E-state index contributed by atoms with van der Waals surface area (Å²) in [5, 5.41) is 11.2. The molecule has 0 spiro atoms. The molecule has 0 bridgehead atoms. The molecular formula is C11H15F3N2O3S. The first-order valence-electron chi connectivity index (χ1n) is 5.57. The Morgan fingerprint density at radius 1 is 1.30 bits per heavy atom. The molecule has 0 aliphatic carbocycles. The number of para-hydroxylation sites is 1. The van der Waals surface area contributed by atoms with Gasteiger partial charge in [0.05, 0.1) is 5.69 Å². The van der Waals surface area contributed by atoms with Crippen molar-refractivity contribution in [3.63, 3.8) is 0 Å². The number of anilines is 1. The summed E-state index contributed by atoms with van der Waals surface area (Å²) >= 11 is 0. The van der Waals surface area contributed by atoms with Gasteiger partial charge in [0.15, 0.2) is 6.10 Å². The maximum Gasteiger partial charge on any atom is 0.416 e. The Balaban J connectivity index is 2.99. The lowest BCUT2D eigenvalue weighted by Crippen LogP contribution is -2.35. The molecule has 0 radical (unpaired) electrons. The maximum atomic E-state index is 12.2. The average molecular weight is 312 g/mol. The first kappa shape index (κ1) is 16.7. The average Bonchev–Trinajstić information content (AvgIpc) is 2.34. The van der Waals surface area contributed by atoms with Crippen molar-refractivity contribution < 1.29 is 26.7 Å². The van der Waals surface area contributed by atoms with E-state index in [4.69, 9.17) is 5.11 Å². The first-order chi connectivity index (χ1) is 9.06. The van der Waals surface area contributed by atoms with Crippen molar-refractivity contribution in [1.29, 1.82) is 0 Å². The van der Waals surface area contributed by atoms with E-state index in [2.05, 4.69) is 5.32 Å². The number of nitrogens with one attached hydrogen (secondary N) is 1. The third-order valence-corrected chi connectivity index (χ3v) is 4.38. The highest BCUT2D eigenvalue weighted by atomic mass is 32.2. The Morgan fingerprint density at radius 3 is 2.35 bits per heavy atom. The third kappa shape index (κ3) is 3.84. The molecule has 0 saturated carbocycles. The number of hydrogen-bond donors (Lipinski definition) is 2. The number of rotatable bonds is 5. The largest absolute Gasteiger partial charge is 0.416 e. The lowest BCUT2D eigenvalue weighted by atomic mass is 10.3. The number of alkyl halides is 3. The van der Waals surface area contributed by atoms with Crippen LogP contribution in [0.15, 0.2) is 29.2 Å². The molecule has 0 aliphatic heterocycles. The molecule has 1 rings (SSSR count). The lowest BCUT2D eigenvalue weighted by Gasteiger charge is -2.19. The van der Waals surface area contributed by atoms with Crippen LogP contribution in [-0.4, -0.2) is 50.7 Å². The molecule has 0 saturated heterocycles. The van der Waals surface area contributed by atoms with Crippen LogP contribution in [0.5, 0.6) is 0 Å². The van der Waals surface area contributed by atoms with E-state index in [1.807, 2.05) is 0 Å². The zero-order valence-electron chi connectivity index (χ0n) is 10.8. The Labute approximate surface area is 115 Å². The SMILES string of the molecule is CN(C)S(=O)(=O)c1ccccc1NCC(O)C(F)(F)F. The van der Waals surface area contributed by atoms with Crippen LogP contribution >= 0.6 is 0 Å². The molecule has 2 N–H and O–H groups in total. The number of nitrogens with zero attached hydrogens (tertiary/aromatic N) is 1. The Bertz CT molecular complexity index is 558. The summed E-state index contributed by atoms with van der Waals surface area (Å²) < 4.78 is 61.5. The van der Waals surface area contributed by atoms with Gasteiger partial charge in [0.2, 0.25) is 10.0 Å². The molecule has 9 heteroatoms. The second kappa shape index (κ2) is 5.98. The van der Waals surface area contributed by atoms with Gasteiger partial charge < -0.3 is 10.4 Å². The van der Waals surface area contributed by atoms with Crippen molar-refractivity contribution in [3.05, 3.63) is 24.3 Å². The molecule has 114 valence electrons. The van der Waals surface area contributed by atoms with Crippen molar-refractivity contribution in [1.82, 2.24) is 4.31 Å². The van der Waals surface area contributed by atoms with E-state index in [1.54, 1.807) is 0 Å². The van der Waals surface area contributed by atoms with E-state index in [0.717, 1.165) is 4.31 Å². The molecule has 0 aromatic heterocycles. The van der Waals surface area contributed by atoms with Crippen LogP contribution in [0, 0.1) is 0 Å². The predicted molar refractivity (Wildman–Crippen MR) is 67.9 cm³/mol. The molecule has 0 heterocycles. The monoisotopic (exact) mass is 312 g/mol. The molecule has 0 amide bonds.